The first kappa shape index (κ1) is 13.6. The highest BCUT2D eigenvalue weighted by atomic mass is 16.5. The first-order valence-corrected chi connectivity index (χ1v) is 6.54. The van der Waals surface area contributed by atoms with Crippen LogP contribution in [0.5, 0.6) is 5.75 Å². The zero-order valence-electron chi connectivity index (χ0n) is 11.2. The number of ether oxygens (including phenoxy) is 1. The zero-order valence-corrected chi connectivity index (χ0v) is 11.2. The molecule has 4 heteroatoms. The molecule has 0 fully saturated rings. The van der Waals surface area contributed by atoms with Gasteiger partial charge in [-0.05, 0) is 37.0 Å². The van der Waals surface area contributed by atoms with Crippen LogP contribution in [0.1, 0.15) is 18.4 Å². The van der Waals surface area contributed by atoms with Crippen molar-refractivity contribution >= 4 is 0 Å². The number of hydrogen-bond donors (Lipinski definition) is 1. The van der Waals surface area contributed by atoms with E-state index in [1.807, 2.05) is 35.0 Å². The Bertz CT molecular complexity index is 465. The van der Waals surface area contributed by atoms with E-state index in [0.717, 1.165) is 30.7 Å². The van der Waals surface area contributed by atoms with Gasteiger partial charge in [-0.15, -0.1) is 0 Å². The number of aromatic nitrogens is 2. The van der Waals surface area contributed by atoms with Crippen molar-refractivity contribution < 1.29 is 9.84 Å². The van der Waals surface area contributed by atoms with Crippen molar-refractivity contribution in [2.24, 2.45) is 0 Å². The highest BCUT2D eigenvalue weighted by Gasteiger charge is 2.05. The van der Waals surface area contributed by atoms with Gasteiger partial charge in [0.2, 0.25) is 0 Å². The summed E-state index contributed by atoms with van der Waals surface area (Å²) < 4.78 is 7.14. The number of nitrogens with zero attached hydrogens (tertiary/aromatic N) is 2. The number of aryl methyl sites for hydroxylation is 1. The predicted molar refractivity (Wildman–Crippen MR) is 74.2 cm³/mol. The minimum absolute atomic E-state index is 0.295. The van der Waals surface area contributed by atoms with Crippen LogP contribution in [0.25, 0.3) is 0 Å². The van der Waals surface area contributed by atoms with Crippen molar-refractivity contribution in [3.63, 3.8) is 0 Å². The summed E-state index contributed by atoms with van der Waals surface area (Å²) >= 11 is 0. The Morgan fingerprint density at radius 3 is 2.74 bits per heavy atom. The average Bonchev–Trinajstić information content (AvgIpc) is 2.93. The van der Waals surface area contributed by atoms with Gasteiger partial charge in [-0.1, -0.05) is 12.1 Å². The lowest BCUT2D eigenvalue weighted by Crippen LogP contribution is -2.11. The monoisotopic (exact) mass is 260 g/mol. The van der Waals surface area contributed by atoms with Crippen molar-refractivity contribution in [3.8, 4) is 5.75 Å². The van der Waals surface area contributed by atoms with Crippen LogP contribution < -0.4 is 4.74 Å². The van der Waals surface area contributed by atoms with Crippen LogP contribution in [0.4, 0.5) is 0 Å². The van der Waals surface area contributed by atoms with Crippen molar-refractivity contribution in [2.75, 3.05) is 7.11 Å². The van der Waals surface area contributed by atoms with Crippen molar-refractivity contribution in [3.05, 3.63) is 48.5 Å². The lowest BCUT2D eigenvalue weighted by molar-refractivity contribution is 0.160. The van der Waals surface area contributed by atoms with Crippen LogP contribution in [-0.4, -0.2) is 27.9 Å². The number of imidazole rings is 1. The minimum Gasteiger partial charge on any atom is -0.497 e. The number of benzene rings is 1. The molecular formula is C15H20N2O2. The highest BCUT2D eigenvalue weighted by Crippen LogP contribution is 2.14. The quantitative estimate of drug-likeness (QED) is 0.830. The molecule has 19 heavy (non-hydrogen) atoms. The molecule has 1 atom stereocenters. The maximum atomic E-state index is 10.0. The predicted octanol–water partition coefficient (Wildman–Crippen LogP) is 2.28. The molecule has 0 spiro atoms. The third-order valence-corrected chi connectivity index (χ3v) is 3.14. The molecule has 1 N–H and O–H groups in total. The molecule has 1 heterocycles. The molecule has 0 bridgehead atoms. The minimum atomic E-state index is -0.295. The van der Waals surface area contributed by atoms with Crippen LogP contribution >= 0.6 is 0 Å². The Morgan fingerprint density at radius 2 is 2.11 bits per heavy atom. The lowest BCUT2D eigenvalue weighted by atomic mass is 10.0. The van der Waals surface area contributed by atoms with E-state index in [4.69, 9.17) is 4.74 Å². The van der Waals surface area contributed by atoms with Crippen LogP contribution in [0.2, 0.25) is 0 Å². The van der Waals surface area contributed by atoms with Crippen molar-refractivity contribution in [1.82, 2.24) is 9.55 Å². The summed E-state index contributed by atoms with van der Waals surface area (Å²) in [5, 5.41) is 10.0. The number of hydrogen-bond acceptors (Lipinski definition) is 3. The Labute approximate surface area is 113 Å². The second kappa shape index (κ2) is 6.95. The van der Waals surface area contributed by atoms with Gasteiger partial charge in [-0.3, -0.25) is 0 Å². The number of rotatable bonds is 7. The molecule has 0 aliphatic heterocycles. The summed E-state index contributed by atoms with van der Waals surface area (Å²) in [6.45, 7) is 0.902. The molecule has 1 aromatic carbocycles. The smallest absolute Gasteiger partial charge is 0.118 e. The van der Waals surface area contributed by atoms with E-state index in [2.05, 4.69) is 4.98 Å². The Balaban J connectivity index is 1.72. The molecule has 1 unspecified atom stereocenters. The lowest BCUT2D eigenvalue weighted by Gasteiger charge is -2.11. The molecule has 2 aromatic rings. The molecule has 4 nitrogen and oxygen atoms in total. The first-order valence-electron chi connectivity index (χ1n) is 6.54. The van der Waals surface area contributed by atoms with E-state index in [1.165, 1.54) is 0 Å². The Kier molecular flexibility index (Phi) is 4.98. The molecular weight excluding hydrogens is 240 g/mol. The SMILES string of the molecule is COc1ccc(CC(O)CCCn2ccnc2)cc1. The van der Waals surface area contributed by atoms with Crippen molar-refractivity contribution in [2.45, 2.75) is 31.9 Å². The molecule has 0 aliphatic rings. The van der Waals surface area contributed by atoms with E-state index >= 15 is 0 Å². The standard InChI is InChI=1S/C15H20N2O2/c1-19-15-6-4-13(5-7-15)11-14(18)3-2-9-17-10-8-16-12-17/h4-8,10,12,14,18H,2-3,9,11H2,1H3. The third kappa shape index (κ3) is 4.41. The second-order valence-electron chi connectivity index (χ2n) is 4.65. The first-order chi connectivity index (χ1) is 9.28. The fraction of sp³-hybridized carbons (Fsp3) is 0.400. The summed E-state index contributed by atoms with van der Waals surface area (Å²) in [4.78, 5) is 3.99. The summed E-state index contributed by atoms with van der Waals surface area (Å²) in [6, 6.07) is 7.84. The normalized spacial score (nSPS) is 12.3. The molecule has 2 rings (SSSR count). The van der Waals surface area contributed by atoms with Crippen LogP contribution in [0.15, 0.2) is 43.0 Å². The van der Waals surface area contributed by atoms with Gasteiger partial charge in [0.25, 0.3) is 0 Å². The average molecular weight is 260 g/mol. The molecule has 0 saturated heterocycles. The van der Waals surface area contributed by atoms with Gasteiger partial charge < -0.3 is 14.4 Å². The fourth-order valence-corrected chi connectivity index (χ4v) is 2.06. The molecule has 102 valence electrons. The van der Waals surface area contributed by atoms with Gasteiger partial charge in [-0.2, -0.15) is 0 Å². The molecule has 0 radical (unpaired) electrons. The second-order valence-corrected chi connectivity index (χ2v) is 4.65. The van der Waals surface area contributed by atoms with Gasteiger partial charge in [0.15, 0.2) is 0 Å². The van der Waals surface area contributed by atoms with E-state index in [9.17, 15) is 5.11 Å². The number of aliphatic hydroxyl groups excluding tert-OH is 1. The number of methoxy groups -OCH3 is 1. The molecule has 0 amide bonds. The fourth-order valence-electron chi connectivity index (χ4n) is 2.06. The van der Waals surface area contributed by atoms with Crippen molar-refractivity contribution in [1.29, 1.82) is 0 Å². The summed E-state index contributed by atoms with van der Waals surface area (Å²) in [5.74, 6) is 0.846. The topological polar surface area (TPSA) is 47.3 Å². The van der Waals surface area contributed by atoms with Gasteiger partial charge in [0, 0.05) is 18.9 Å². The molecule has 1 aromatic heterocycles. The van der Waals surface area contributed by atoms with Crippen LogP contribution in [0.3, 0.4) is 0 Å². The Hall–Kier alpha value is -1.81. The maximum Gasteiger partial charge on any atom is 0.118 e. The van der Waals surface area contributed by atoms with Crippen LogP contribution in [-0.2, 0) is 13.0 Å². The van der Waals surface area contributed by atoms with Crippen LogP contribution in [0, 0.1) is 0 Å². The summed E-state index contributed by atoms with van der Waals surface area (Å²) in [6.07, 6.45) is 7.66. The molecule has 0 saturated carbocycles. The van der Waals surface area contributed by atoms with E-state index in [0.29, 0.717) is 6.42 Å². The summed E-state index contributed by atoms with van der Waals surface area (Å²) in [7, 11) is 1.65. The largest absolute Gasteiger partial charge is 0.497 e. The highest BCUT2D eigenvalue weighted by molar-refractivity contribution is 5.27. The van der Waals surface area contributed by atoms with Gasteiger partial charge >= 0.3 is 0 Å². The maximum absolute atomic E-state index is 10.0. The van der Waals surface area contributed by atoms with E-state index in [-0.39, 0.29) is 6.10 Å². The number of aliphatic hydroxyl groups is 1. The third-order valence-electron chi connectivity index (χ3n) is 3.14. The molecule has 0 aliphatic carbocycles. The van der Waals surface area contributed by atoms with E-state index in [1.54, 1.807) is 19.6 Å². The van der Waals surface area contributed by atoms with Gasteiger partial charge in [-0.25, -0.2) is 4.98 Å². The van der Waals surface area contributed by atoms with E-state index < -0.39 is 0 Å². The zero-order chi connectivity index (χ0) is 13.5. The Morgan fingerprint density at radius 1 is 1.32 bits per heavy atom. The van der Waals surface area contributed by atoms with Gasteiger partial charge in [0.05, 0.1) is 19.5 Å². The summed E-state index contributed by atoms with van der Waals surface area (Å²) in [5.41, 5.74) is 1.14. The van der Waals surface area contributed by atoms with Gasteiger partial charge in [0.1, 0.15) is 5.75 Å².